The Hall–Kier alpha value is -4.40. The maximum absolute atomic E-state index is 16.2. The van der Waals surface area contributed by atoms with Crippen LogP contribution in [0.15, 0.2) is 42.4 Å². The highest BCUT2D eigenvalue weighted by molar-refractivity contribution is 6.02. The molecule has 0 aliphatic carbocycles. The van der Waals surface area contributed by atoms with Gasteiger partial charge in [0, 0.05) is 30.8 Å². The fourth-order valence-corrected chi connectivity index (χ4v) is 5.88. The maximum Gasteiger partial charge on any atom is 0.320 e. The van der Waals surface area contributed by atoms with Gasteiger partial charge < -0.3 is 19.3 Å². The smallest absolute Gasteiger partial charge is 0.320 e. The summed E-state index contributed by atoms with van der Waals surface area (Å²) in [5.74, 6) is 0.600. The maximum atomic E-state index is 16.2. The molecule has 0 amide bonds. The van der Waals surface area contributed by atoms with Crippen molar-refractivity contribution in [3.8, 4) is 41.2 Å². The van der Waals surface area contributed by atoms with E-state index in [1.54, 1.807) is 6.07 Å². The Morgan fingerprint density at radius 3 is 2.85 bits per heavy atom. The molecule has 2 aliphatic rings. The number of hydrogen-bond donors (Lipinski definition) is 1. The fraction of sp³-hybridized carbons (Fsp3) is 0.300. The minimum Gasteiger partial charge on any atom is -0.493 e. The minimum atomic E-state index is -0.897. The topological polar surface area (TPSA) is 89.8 Å². The fourth-order valence-electron chi connectivity index (χ4n) is 5.88. The normalized spacial score (nSPS) is 19.6. The lowest BCUT2D eigenvalue weighted by molar-refractivity contribution is 0.0512. The number of nitrogens with zero attached hydrogens (tertiary/aromatic N) is 4. The van der Waals surface area contributed by atoms with Gasteiger partial charge in [0.2, 0.25) is 5.88 Å². The lowest BCUT2D eigenvalue weighted by atomic mass is 9.94. The molecular weight excluding hydrogens is 537 g/mol. The first-order chi connectivity index (χ1) is 19.9. The molecule has 0 saturated carbocycles. The van der Waals surface area contributed by atoms with Crippen molar-refractivity contribution in [1.29, 1.82) is 0 Å². The molecule has 0 unspecified atom stereocenters. The van der Waals surface area contributed by atoms with E-state index in [4.69, 9.17) is 20.6 Å². The number of benzene rings is 2. The second kappa shape index (κ2) is 10.5. The van der Waals surface area contributed by atoms with E-state index in [1.807, 2.05) is 0 Å². The summed E-state index contributed by atoms with van der Waals surface area (Å²) in [6.45, 7) is 1.40. The first-order valence-electron chi connectivity index (χ1n) is 12.9. The van der Waals surface area contributed by atoms with Crippen LogP contribution < -0.4 is 9.47 Å². The molecule has 2 saturated heterocycles. The third-order valence-electron chi connectivity index (χ3n) is 7.74. The van der Waals surface area contributed by atoms with Crippen LogP contribution in [0.3, 0.4) is 0 Å². The second-order valence-electron chi connectivity index (χ2n) is 10.2. The average molecular weight is 563 g/mol. The van der Waals surface area contributed by atoms with E-state index in [0.717, 1.165) is 19.4 Å². The summed E-state index contributed by atoms with van der Waals surface area (Å²) in [5.41, 5.74) is -0.0626. The van der Waals surface area contributed by atoms with Crippen molar-refractivity contribution in [1.82, 2.24) is 19.9 Å². The SMILES string of the molecule is C#Cc1c(F)ccc2cc(OCOC)cc(-c3ncc4c(O)nc(OC[C@@]56CCCN5C/C(=C\F)C6)nc4c3F)c12. The second-order valence-corrected chi connectivity index (χ2v) is 10.2. The van der Waals surface area contributed by atoms with Crippen LogP contribution in [-0.2, 0) is 4.74 Å². The molecule has 0 radical (unpaired) electrons. The average Bonchev–Trinajstić information content (AvgIpc) is 3.52. The summed E-state index contributed by atoms with van der Waals surface area (Å²) in [7, 11) is 1.46. The number of pyridine rings is 1. The Labute approximate surface area is 233 Å². The molecule has 4 aromatic rings. The Kier molecular flexibility index (Phi) is 6.89. The van der Waals surface area contributed by atoms with Gasteiger partial charge >= 0.3 is 6.01 Å². The van der Waals surface area contributed by atoms with E-state index in [0.29, 0.717) is 36.0 Å². The summed E-state index contributed by atoms with van der Waals surface area (Å²) in [4.78, 5) is 14.6. The van der Waals surface area contributed by atoms with Crippen LogP contribution in [-0.4, -0.2) is 64.1 Å². The van der Waals surface area contributed by atoms with Gasteiger partial charge in [0.1, 0.15) is 29.4 Å². The zero-order valence-electron chi connectivity index (χ0n) is 22.1. The van der Waals surface area contributed by atoms with Crippen LogP contribution in [0.5, 0.6) is 17.6 Å². The largest absolute Gasteiger partial charge is 0.493 e. The molecule has 2 fully saturated rings. The van der Waals surface area contributed by atoms with Crippen molar-refractivity contribution in [2.24, 2.45) is 0 Å². The molecule has 4 heterocycles. The quantitative estimate of drug-likeness (QED) is 0.241. The zero-order valence-corrected chi connectivity index (χ0v) is 22.1. The monoisotopic (exact) mass is 562 g/mol. The summed E-state index contributed by atoms with van der Waals surface area (Å²) in [6.07, 6.45) is 9.75. The van der Waals surface area contributed by atoms with Gasteiger partial charge in [-0.25, -0.2) is 13.2 Å². The van der Waals surface area contributed by atoms with Gasteiger partial charge in [-0.1, -0.05) is 12.0 Å². The van der Waals surface area contributed by atoms with E-state index < -0.39 is 23.1 Å². The van der Waals surface area contributed by atoms with Gasteiger partial charge in [0.15, 0.2) is 12.6 Å². The van der Waals surface area contributed by atoms with Gasteiger partial charge in [-0.05, 0) is 55.0 Å². The van der Waals surface area contributed by atoms with Crippen LogP contribution in [0.25, 0.3) is 32.9 Å². The summed E-state index contributed by atoms with van der Waals surface area (Å²) >= 11 is 0. The van der Waals surface area contributed by atoms with Gasteiger partial charge in [0.25, 0.3) is 0 Å². The number of rotatable bonds is 7. The van der Waals surface area contributed by atoms with E-state index in [-0.39, 0.29) is 52.5 Å². The summed E-state index contributed by atoms with van der Waals surface area (Å²) < 4.78 is 60.7. The third-order valence-corrected chi connectivity index (χ3v) is 7.74. The molecule has 210 valence electrons. The lowest BCUT2D eigenvalue weighted by Crippen LogP contribution is -2.43. The number of terminal acetylenes is 1. The van der Waals surface area contributed by atoms with E-state index >= 15 is 4.39 Å². The highest BCUT2D eigenvalue weighted by Crippen LogP contribution is 2.42. The molecule has 1 N–H and O–H groups in total. The van der Waals surface area contributed by atoms with Crippen molar-refractivity contribution < 1.29 is 32.5 Å². The van der Waals surface area contributed by atoms with Crippen molar-refractivity contribution >= 4 is 21.7 Å². The van der Waals surface area contributed by atoms with E-state index in [1.165, 1.54) is 31.5 Å². The molecule has 0 spiro atoms. The Morgan fingerprint density at radius 2 is 2.07 bits per heavy atom. The molecule has 2 aromatic heterocycles. The number of halogens is 3. The molecular formula is C30H25F3N4O4. The van der Waals surface area contributed by atoms with Gasteiger partial charge in [-0.2, -0.15) is 9.97 Å². The molecule has 11 heteroatoms. The first-order valence-corrected chi connectivity index (χ1v) is 12.9. The van der Waals surface area contributed by atoms with Crippen molar-refractivity contribution in [3.05, 3.63) is 59.6 Å². The van der Waals surface area contributed by atoms with Crippen molar-refractivity contribution in [2.45, 2.75) is 24.8 Å². The predicted octanol–water partition coefficient (Wildman–Crippen LogP) is 5.26. The lowest BCUT2D eigenvalue weighted by Gasteiger charge is -2.30. The molecule has 41 heavy (non-hydrogen) atoms. The number of aromatic hydroxyl groups is 1. The van der Waals surface area contributed by atoms with Crippen LogP contribution >= 0.6 is 0 Å². The first kappa shape index (κ1) is 26.8. The summed E-state index contributed by atoms with van der Waals surface area (Å²) in [6, 6.07) is 5.62. The highest BCUT2D eigenvalue weighted by Gasteiger charge is 2.47. The molecule has 6 rings (SSSR count). The van der Waals surface area contributed by atoms with Gasteiger partial charge in [-0.15, -0.1) is 6.42 Å². The van der Waals surface area contributed by atoms with Gasteiger partial charge in [0.05, 0.1) is 22.8 Å². The van der Waals surface area contributed by atoms with E-state index in [2.05, 4.69) is 25.8 Å². The van der Waals surface area contributed by atoms with Crippen molar-refractivity contribution in [2.75, 3.05) is 33.6 Å². The third kappa shape index (κ3) is 4.59. The Balaban J connectivity index is 1.45. The van der Waals surface area contributed by atoms with Crippen LogP contribution in [0, 0.1) is 24.0 Å². The van der Waals surface area contributed by atoms with Crippen molar-refractivity contribution in [3.63, 3.8) is 0 Å². The molecule has 2 aromatic carbocycles. The molecule has 0 bridgehead atoms. The van der Waals surface area contributed by atoms with E-state index in [9.17, 15) is 13.9 Å². The molecule has 2 aliphatic heterocycles. The Morgan fingerprint density at radius 1 is 1.22 bits per heavy atom. The number of ether oxygens (including phenoxy) is 3. The van der Waals surface area contributed by atoms with Crippen LogP contribution in [0.1, 0.15) is 24.8 Å². The zero-order chi connectivity index (χ0) is 28.7. The van der Waals surface area contributed by atoms with Crippen LogP contribution in [0.2, 0.25) is 0 Å². The number of hydrogen-bond acceptors (Lipinski definition) is 8. The standard InChI is InChI=1S/C30H25F3N4O4/c1-3-20-23(32)6-5-18-9-19(41-16-39-2)10-21(24(18)20)26-25(33)27-22(13-34-26)28(38)36-29(35-27)40-15-30-7-4-8-37(30)14-17(11-30)12-31/h1,5-6,9-10,12-13H,4,7-8,11,14-16H2,2H3,(H,35,36,38)/b17-12-/t30-/m0/s1. The predicted molar refractivity (Wildman–Crippen MR) is 145 cm³/mol. The number of aromatic nitrogens is 3. The molecule has 8 nitrogen and oxygen atoms in total. The highest BCUT2D eigenvalue weighted by atomic mass is 19.1. The number of methoxy groups -OCH3 is 1. The minimum absolute atomic E-state index is 0.0396. The molecule has 1 atom stereocenters. The van der Waals surface area contributed by atoms with Gasteiger partial charge in [-0.3, -0.25) is 9.88 Å². The summed E-state index contributed by atoms with van der Waals surface area (Å²) in [5, 5.41) is 11.3. The Bertz CT molecular complexity index is 1760. The number of fused-ring (bicyclic) bond motifs is 3. The van der Waals surface area contributed by atoms with Crippen LogP contribution in [0.4, 0.5) is 13.2 Å².